The van der Waals surface area contributed by atoms with E-state index >= 15 is 0 Å². The van der Waals surface area contributed by atoms with Crippen molar-refractivity contribution in [1.29, 1.82) is 0 Å². The van der Waals surface area contributed by atoms with Crippen LogP contribution in [0, 0.1) is 0 Å². The van der Waals surface area contributed by atoms with Gasteiger partial charge in [0.25, 0.3) is 5.56 Å². The van der Waals surface area contributed by atoms with Crippen molar-refractivity contribution < 1.29 is 13.6 Å². The molecule has 3 aromatic heterocycles. The molecule has 0 aliphatic carbocycles. The van der Waals surface area contributed by atoms with E-state index in [4.69, 9.17) is 18.6 Å². The van der Waals surface area contributed by atoms with Gasteiger partial charge in [0.15, 0.2) is 5.16 Å². The zero-order valence-electron chi connectivity index (χ0n) is 17.1. The molecular formula is C23H18N4O4S. The SMILES string of the molecule is COc1ccc(-c2nnc(CSc3nc4ccccc4c(=O)n3Cc3ccco3)o2)cc1. The lowest BCUT2D eigenvalue weighted by Crippen LogP contribution is -2.23. The van der Waals surface area contributed by atoms with Crippen LogP contribution in [-0.4, -0.2) is 26.9 Å². The van der Waals surface area contributed by atoms with Gasteiger partial charge in [-0.15, -0.1) is 10.2 Å². The number of para-hydroxylation sites is 1. The summed E-state index contributed by atoms with van der Waals surface area (Å²) in [6.07, 6.45) is 1.58. The predicted molar refractivity (Wildman–Crippen MR) is 120 cm³/mol. The molecule has 0 unspecified atom stereocenters. The van der Waals surface area contributed by atoms with Gasteiger partial charge in [0.1, 0.15) is 11.5 Å². The van der Waals surface area contributed by atoms with Crippen LogP contribution in [-0.2, 0) is 12.3 Å². The predicted octanol–water partition coefficient (Wildman–Crippen LogP) is 4.39. The van der Waals surface area contributed by atoms with Crippen molar-refractivity contribution in [1.82, 2.24) is 19.7 Å². The molecule has 3 heterocycles. The molecule has 5 aromatic rings. The topological polar surface area (TPSA) is 96.2 Å². The third-order valence-corrected chi connectivity index (χ3v) is 5.81. The van der Waals surface area contributed by atoms with Crippen LogP contribution < -0.4 is 10.3 Å². The van der Waals surface area contributed by atoms with Crippen molar-refractivity contribution in [2.24, 2.45) is 0 Å². The van der Waals surface area contributed by atoms with Gasteiger partial charge in [-0.2, -0.15) is 0 Å². The Labute approximate surface area is 186 Å². The van der Waals surface area contributed by atoms with Crippen molar-refractivity contribution in [3.05, 3.63) is 88.9 Å². The lowest BCUT2D eigenvalue weighted by Gasteiger charge is -2.11. The summed E-state index contributed by atoms with van der Waals surface area (Å²) in [4.78, 5) is 17.8. The van der Waals surface area contributed by atoms with Crippen molar-refractivity contribution in [3.63, 3.8) is 0 Å². The Hall–Kier alpha value is -3.85. The second-order valence-electron chi connectivity index (χ2n) is 6.90. The minimum atomic E-state index is -0.126. The Kier molecular flexibility index (Phi) is 5.47. The number of aromatic nitrogens is 4. The maximum Gasteiger partial charge on any atom is 0.262 e. The lowest BCUT2D eigenvalue weighted by atomic mass is 10.2. The van der Waals surface area contributed by atoms with Gasteiger partial charge >= 0.3 is 0 Å². The molecule has 0 amide bonds. The number of methoxy groups -OCH3 is 1. The average molecular weight is 446 g/mol. The summed E-state index contributed by atoms with van der Waals surface area (Å²) in [6.45, 7) is 0.285. The molecule has 0 fully saturated rings. The molecule has 0 aliphatic heterocycles. The molecule has 9 heteroatoms. The Morgan fingerprint density at radius 3 is 2.66 bits per heavy atom. The number of rotatable bonds is 7. The van der Waals surface area contributed by atoms with Gasteiger partial charge in [-0.05, 0) is 48.5 Å². The number of fused-ring (bicyclic) bond motifs is 1. The highest BCUT2D eigenvalue weighted by Crippen LogP contribution is 2.25. The third-order valence-electron chi connectivity index (χ3n) is 4.85. The summed E-state index contributed by atoms with van der Waals surface area (Å²) in [5.74, 6) is 2.65. The van der Waals surface area contributed by atoms with Gasteiger partial charge in [0.2, 0.25) is 11.8 Å². The molecule has 160 valence electrons. The first-order chi connectivity index (χ1) is 15.7. The number of hydrogen-bond donors (Lipinski definition) is 0. The van der Waals surface area contributed by atoms with Gasteiger partial charge in [-0.25, -0.2) is 4.98 Å². The van der Waals surface area contributed by atoms with Crippen LogP contribution in [0.2, 0.25) is 0 Å². The number of hydrogen-bond acceptors (Lipinski definition) is 8. The van der Waals surface area contributed by atoms with Crippen LogP contribution in [0.1, 0.15) is 11.7 Å². The summed E-state index contributed by atoms with van der Waals surface area (Å²) in [5.41, 5.74) is 1.31. The standard InChI is InChI=1S/C23H18N4O4S/c1-29-16-10-8-15(9-11-16)21-26-25-20(31-21)14-32-23-24-19-7-3-2-6-18(19)22(28)27(23)13-17-5-4-12-30-17/h2-12H,13-14H2,1H3. The van der Waals surface area contributed by atoms with Crippen LogP contribution in [0.4, 0.5) is 0 Å². The monoisotopic (exact) mass is 446 g/mol. The maximum absolute atomic E-state index is 13.1. The van der Waals surface area contributed by atoms with Gasteiger partial charge in [0, 0.05) is 5.56 Å². The highest BCUT2D eigenvalue weighted by atomic mass is 32.2. The molecule has 0 atom stereocenters. The third kappa shape index (κ3) is 4.02. The molecule has 5 rings (SSSR count). The first kappa shape index (κ1) is 20.1. The van der Waals surface area contributed by atoms with Gasteiger partial charge < -0.3 is 13.6 Å². The van der Waals surface area contributed by atoms with Crippen LogP contribution in [0.15, 0.2) is 85.7 Å². The Bertz CT molecular complexity index is 1410. The molecule has 0 spiro atoms. The van der Waals surface area contributed by atoms with E-state index < -0.39 is 0 Å². The Morgan fingerprint density at radius 1 is 1.03 bits per heavy atom. The van der Waals surface area contributed by atoms with Crippen LogP contribution >= 0.6 is 11.8 Å². The summed E-state index contributed by atoms with van der Waals surface area (Å²) in [5, 5.41) is 9.38. The van der Waals surface area contributed by atoms with Crippen LogP contribution in [0.25, 0.3) is 22.4 Å². The molecule has 0 radical (unpaired) electrons. The number of thioether (sulfide) groups is 1. The van der Waals surface area contributed by atoms with E-state index in [9.17, 15) is 4.79 Å². The molecule has 0 bridgehead atoms. The fraction of sp³-hybridized carbons (Fsp3) is 0.130. The van der Waals surface area contributed by atoms with Gasteiger partial charge in [-0.1, -0.05) is 23.9 Å². The molecule has 0 saturated carbocycles. The molecule has 0 saturated heterocycles. The van der Waals surface area contributed by atoms with Gasteiger partial charge in [0.05, 0.1) is 36.6 Å². The molecule has 0 aliphatic rings. The average Bonchev–Trinajstić information content (AvgIpc) is 3.52. The number of nitrogens with zero attached hydrogens (tertiary/aromatic N) is 4. The first-order valence-electron chi connectivity index (χ1n) is 9.83. The van der Waals surface area contributed by atoms with Crippen molar-refractivity contribution in [3.8, 4) is 17.2 Å². The minimum Gasteiger partial charge on any atom is -0.497 e. The molecule has 8 nitrogen and oxygen atoms in total. The van der Waals surface area contributed by atoms with Crippen LogP contribution in [0.5, 0.6) is 5.75 Å². The number of ether oxygens (including phenoxy) is 1. The first-order valence-corrected chi connectivity index (χ1v) is 10.8. The van der Waals surface area contributed by atoms with E-state index in [1.165, 1.54) is 11.8 Å². The second kappa shape index (κ2) is 8.72. The van der Waals surface area contributed by atoms with E-state index in [2.05, 4.69) is 10.2 Å². The fourth-order valence-corrected chi connectivity index (χ4v) is 4.08. The van der Waals surface area contributed by atoms with Gasteiger partial charge in [-0.3, -0.25) is 9.36 Å². The summed E-state index contributed by atoms with van der Waals surface area (Å²) < 4.78 is 18.0. The number of benzene rings is 2. The smallest absolute Gasteiger partial charge is 0.262 e. The fourth-order valence-electron chi connectivity index (χ4n) is 3.24. The molecular weight excluding hydrogens is 428 g/mol. The molecule has 0 N–H and O–H groups in total. The second-order valence-corrected chi connectivity index (χ2v) is 7.84. The molecule has 2 aromatic carbocycles. The lowest BCUT2D eigenvalue weighted by molar-refractivity contribution is 0.415. The molecule has 32 heavy (non-hydrogen) atoms. The summed E-state index contributed by atoms with van der Waals surface area (Å²) in [6, 6.07) is 18.3. The summed E-state index contributed by atoms with van der Waals surface area (Å²) >= 11 is 1.36. The highest BCUT2D eigenvalue weighted by Gasteiger charge is 2.15. The van der Waals surface area contributed by atoms with E-state index in [-0.39, 0.29) is 12.1 Å². The van der Waals surface area contributed by atoms with E-state index in [1.54, 1.807) is 30.1 Å². The van der Waals surface area contributed by atoms with Crippen LogP contribution in [0.3, 0.4) is 0 Å². The quantitative estimate of drug-likeness (QED) is 0.268. The highest BCUT2D eigenvalue weighted by molar-refractivity contribution is 7.98. The van der Waals surface area contributed by atoms with Crippen molar-refractivity contribution in [2.45, 2.75) is 17.5 Å². The number of furan rings is 1. The van der Waals surface area contributed by atoms with Crippen molar-refractivity contribution >= 4 is 22.7 Å². The van der Waals surface area contributed by atoms with E-state index in [0.29, 0.717) is 39.4 Å². The summed E-state index contributed by atoms with van der Waals surface area (Å²) in [7, 11) is 1.61. The Balaban J connectivity index is 1.42. The Morgan fingerprint density at radius 2 is 1.88 bits per heavy atom. The zero-order chi connectivity index (χ0) is 21.9. The largest absolute Gasteiger partial charge is 0.497 e. The maximum atomic E-state index is 13.1. The zero-order valence-corrected chi connectivity index (χ0v) is 17.9. The van der Waals surface area contributed by atoms with E-state index in [1.807, 2.05) is 48.5 Å². The normalized spacial score (nSPS) is 11.2. The van der Waals surface area contributed by atoms with Crippen molar-refractivity contribution in [2.75, 3.05) is 7.11 Å². The minimum absolute atomic E-state index is 0.126. The van der Waals surface area contributed by atoms with E-state index in [0.717, 1.165) is 11.3 Å².